The Hall–Kier alpha value is -2.64. The lowest BCUT2D eigenvalue weighted by molar-refractivity contribution is -0.659. The number of benzene rings is 1. The molecule has 0 aliphatic carbocycles. The van der Waals surface area contributed by atoms with Crippen molar-refractivity contribution in [1.29, 1.82) is 0 Å². The summed E-state index contributed by atoms with van der Waals surface area (Å²) in [6.07, 6.45) is 1.68. The van der Waals surface area contributed by atoms with E-state index >= 15 is 0 Å². The Morgan fingerprint density at radius 3 is 2.15 bits per heavy atom. The molecule has 0 N–H and O–H groups in total. The summed E-state index contributed by atoms with van der Waals surface area (Å²) in [6, 6.07) is 7.35. The molecule has 8 heteroatoms. The fourth-order valence-corrected chi connectivity index (χ4v) is 1.45. The van der Waals surface area contributed by atoms with Crippen molar-refractivity contribution < 1.29 is 4.57 Å². The van der Waals surface area contributed by atoms with Crippen LogP contribution in [0.2, 0.25) is 0 Å². The molecule has 0 aliphatic heterocycles. The van der Waals surface area contributed by atoms with Crippen molar-refractivity contribution in [3.63, 3.8) is 0 Å². The van der Waals surface area contributed by atoms with Crippen molar-refractivity contribution in [2.24, 2.45) is 34.7 Å². The van der Waals surface area contributed by atoms with Gasteiger partial charge in [0.05, 0.1) is 25.5 Å². The number of hydrogen-bond donors (Lipinski definition) is 0. The standard InChI is InChI=1S/C12H17N8/c1-18(2)17-15-11-7-5-10(6-8-11)14-16-12-19(3)9-13-20(12)4/h5-9H,1-4H3/q+1. The first-order valence-corrected chi connectivity index (χ1v) is 6.04. The van der Waals surface area contributed by atoms with Gasteiger partial charge in [-0.15, -0.1) is 9.80 Å². The highest BCUT2D eigenvalue weighted by molar-refractivity contribution is 5.46. The van der Waals surface area contributed by atoms with Crippen LogP contribution in [0, 0.1) is 0 Å². The maximum absolute atomic E-state index is 4.17. The summed E-state index contributed by atoms with van der Waals surface area (Å²) in [5, 5.41) is 22.0. The van der Waals surface area contributed by atoms with Crippen LogP contribution in [0.15, 0.2) is 51.2 Å². The molecule has 0 saturated heterocycles. The highest BCUT2D eigenvalue weighted by Gasteiger charge is 2.10. The van der Waals surface area contributed by atoms with Gasteiger partial charge in [0.15, 0.2) is 0 Å². The molecule has 2 rings (SSSR count). The minimum absolute atomic E-state index is 0.668. The van der Waals surface area contributed by atoms with E-state index in [1.54, 1.807) is 20.6 Å². The van der Waals surface area contributed by atoms with Gasteiger partial charge in [-0.2, -0.15) is 0 Å². The van der Waals surface area contributed by atoms with Gasteiger partial charge in [-0.3, -0.25) is 5.01 Å². The molecule has 2 aromatic rings. The molecule has 20 heavy (non-hydrogen) atoms. The van der Waals surface area contributed by atoms with Gasteiger partial charge in [0.1, 0.15) is 0 Å². The molecule has 1 heterocycles. The second kappa shape index (κ2) is 6.00. The summed E-state index contributed by atoms with van der Waals surface area (Å²) >= 11 is 0. The average molecular weight is 273 g/mol. The highest BCUT2D eigenvalue weighted by atomic mass is 15.5. The quantitative estimate of drug-likeness (QED) is 0.486. The summed E-state index contributed by atoms with van der Waals surface area (Å²) in [5.41, 5.74) is 1.51. The number of hydrogen-bond acceptors (Lipinski definition) is 5. The van der Waals surface area contributed by atoms with Gasteiger partial charge in [-0.25, -0.2) is 4.57 Å². The normalized spacial score (nSPS) is 11.6. The van der Waals surface area contributed by atoms with Crippen LogP contribution in [0.1, 0.15) is 0 Å². The average Bonchev–Trinajstić information content (AvgIpc) is 2.75. The molecule has 0 bridgehead atoms. The zero-order valence-electron chi connectivity index (χ0n) is 12.0. The summed E-state index contributed by atoms with van der Waals surface area (Å²) in [4.78, 5) is 0. The molecule has 0 amide bonds. The zero-order valence-corrected chi connectivity index (χ0v) is 12.0. The number of azo groups is 1. The third-order valence-electron chi connectivity index (χ3n) is 2.45. The number of nitrogens with zero attached hydrogens (tertiary/aromatic N) is 8. The molecule has 0 saturated carbocycles. The Morgan fingerprint density at radius 2 is 1.65 bits per heavy atom. The van der Waals surface area contributed by atoms with Crippen LogP contribution in [0.5, 0.6) is 0 Å². The van der Waals surface area contributed by atoms with E-state index in [1.807, 2.05) is 52.5 Å². The van der Waals surface area contributed by atoms with Crippen LogP contribution in [0.4, 0.5) is 17.3 Å². The van der Waals surface area contributed by atoms with Gasteiger partial charge in [0.2, 0.25) is 6.33 Å². The topological polar surface area (TPSA) is 74.4 Å². The van der Waals surface area contributed by atoms with Gasteiger partial charge in [0.25, 0.3) is 0 Å². The molecule has 1 aromatic heterocycles. The van der Waals surface area contributed by atoms with E-state index in [9.17, 15) is 0 Å². The third kappa shape index (κ3) is 3.44. The van der Waals surface area contributed by atoms with Gasteiger partial charge < -0.3 is 0 Å². The zero-order chi connectivity index (χ0) is 14.5. The van der Waals surface area contributed by atoms with Crippen LogP contribution in [-0.4, -0.2) is 28.9 Å². The van der Waals surface area contributed by atoms with Crippen molar-refractivity contribution in [1.82, 2.24) is 14.8 Å². The lowest BCUT2D eigenvalue weighted by Gasteiger charge is -1.99. The predicted octanol–water partition coefficient (Wildman–Crippen LogP) is 2.22. The Kier molecular flexibility index (Phi) is 4.14. The van der Waals surface area contributed by atoms with E-state index in [1.165, 1.54) is 0 Å². The van der Waals surface area contributed by atoms with E-state index in [0.717, 1.165) is 11.4 Å². The third-order valence-corrected chi connectivity index (χ3v) is 2.45. The summed E-state index contributed by atoms with van der Waals surface area (Å²) in [5.74, 6) is 0.668. The molecule has 8 nitrogen and oxygen atoms in total. The Balaban J connectivity index is 2.11. The highest BCUT2D eigenvalue weighted by Crippen LogP contribution is 2.20. The van der Waals surface area contributed by atoms with E-state index in [-0.39, 0.29) is 0 Å². The molecular weight excluding hydrogens is 256 g/mol. The smallest absolute Gasteiger partial charge is 0.285 e. The molecule has 0 atom stereocenters. The molecule has 0 radical (unpaired) electrons. The van der Waals surface area contributed by atoms with Crippen molar-refractivity contribution in [2.45, 2.75) is 0 Å². The van der Waals surface area contributed by atoms with Crippen molar-refractivity contribution in [2.75, 3.05) is 14.1 Å². The van der Waals surface area contributed by atoms with Crippen molar-refractivity contribution in [3.05, 3.63) is 30.6 Å². The molecule has 0 aliphatic rings. The van der Waals surface area contributed by atoms with Gasteiger partial charge >= 0.3 is 5.95 Å². The second-order valence-corrected chi connectivity index (χ2v) is 4.42. The minimum atomic E-state index is 0.668. The number of rotatable bonds is 4. The fraction of sp³-hybridized carbons (Fsp3) is 0.333. The first-order valence-electron chi connectivity index (χ1n) is 6.04. The Bertz CT molecular complexity index is 604. The molecule has 0 fully saturated rings. The summed E-state index contributed by atoms with van der Waals surface area (Å²) in [6.45, 7) is 0. The van der Waals surface area contributed by atoms with Gasteiger partial charge in [-0.1, -0.05) is 10.3 Å². The fourth-order valence-electron chi connectivity index (χ4n) is 1.45. The minimum Gasteiger partial charge on any atom is -0.285 e. The Morgan fingerprint density at radius 1 is 1.05 bits per heavy atom. The summed E-state index contributed by atoms with van der Waals surface area (Å²) < 4.78 is 3.45. The van der Waals surface area contributed by atoms with Gasteiger partial charge in [-0.05, 0) is 29.4 Å². The lowest BCUT2D eigenvalue weighted by atomic mass is 10.3. The Labute approximate surface area is 117 Å². The SMILES string of the molecule is CN(C)/N=N\c1ccc(/N=N/c2n(C)nc[n+]2C)cc1. The van der Waals surface area contributed by atoms with E-state index in [2.05, 4.69) is 25.7 Å². The van der Waals surface area contributed by atoms with Gasteiger partial charge in [0, 0.05) is 19.2 Å². The van der Waals surface area contributed by atoms with Crippen LogP contribution in [-0.2, 0) is 14.1 Å². The number of aromatic nitrogens is 3. The largest absolute Gasteiger partial charge is 0.403 e. The van der Waals surface area contributed by atoms with Crippen LogP contribution < -0.4 is 4.57 Å². The van der Waals surface area contributed by atoms with E-state index in [0.29, 0.717) is 5.95 Å². The maximum atomic E-state index is 4.17. The van der Waals surface area contributed by atoms with Crippen molar-refractivity contribution >= 4 is 17.3 Å². The van der Waals surface area contributed by atoms with Crippen LogP contribution >= 0.6 is 0 Å². The molecule has 0 unspecified atom stereocenters. The first-order chi connectivity index (χ1) is 9.56. The van der Waals surface area contributed by atoms with E-state index in [4.69, 9.17) is 0 Å². The summed E-state index contributed by atoms with van der Waals surface area (Å²) in [7, 11) is 7.32. The maximum Gasteiger partial charge on any atom is 0.403 e. The molecule has 1 aromatic carbocycles. The van der Waals surface area contributed by atoms with Crippen molar-refractivity contribution in [3.8, 4) is 0 Å². The van der Waals surface area contributed by atoms with Crippen LogP contribution in [0.3, 0.4) is 0 Å². The molecule has 104 valence electrons. The predicted molar refractivity (Wildman–Crippen MR) is 73.2 cm³/mol. The number of aryl methyl sites for hydroxylation is 2. The van der Waals surface area contributed by atoms with E-state index < -0.39 is 0 Å². The monoisotopic (exact) mass is 273 g/mol. The lowest BCUT2D eigenvalue weighted by Crippen LogP contribution is -2.25. The molecule has 0 spiro atoms. The first kappa shape index (κ1) is 13.8. The molecular formula is C12H17N8+. The van der Waals surface area contributed by atoms with Crippen LogP contribution in [0.25, 0.3) is 0 Å². The second-order valence-electron chi connectivity index (χ2n) is 4.42.